The number of nitrogens with zero attached hydrogens (tertiary/aromatic N) is 1. The van der Waals surface area contributed by atoms with E-state index in [2.05, 4.69) is 0 Å². The maximum atomic E-state index is 10.8. The van der Waals surface area contributed by atoms with Crippen molar-refractivity contribution < 1.29 is 9.53 Å². The Bertz CT molecular complexity index is 426. The van der Waals surface area contributed by atoms with Gasteiger partial charge >= 0.3 is 5.97 Å². The maximum Gasteiger partial charge on any atom is 0.303 e. The van der Waals surface area contributed by atoms with E-state index in [1.54, 1.807) is 0 Å². The molecule has 0 amide bonds. The Morgan fingerprint density at radius 1 is 1.39 bits per heavy atom. The van der Waals surface area contributed by atoms with E-state index in [1.165, 1.54) is 6.92 Å². The van der Waals surface area contributed by atoms with Crippen LogP contribution >= 0.6 is 11.6 Å². The summed E-state index contributed by atoms with van der Waals surface area (Å²) >= 11 is 5.84. The summed E-state index contributed by atoms with van der Waals surface area (Å²) in [5.41, 5.74) is 2.13. The highest BCUT2D eigenvalue weighted by atomic mass is 35.5. The van der Waals surface area contributed by atoms with Crippen molar-refractivity contribution in [2.24, 2.45) is 0 Å². The number of rotatable bonds is 5. The van der Waals surface area contributed by atoms with Crippen molar-refractivity contribution in [3.8, 4) is 0 Å². The van der Waals surface area contributed by atoms with Gasteiger partial charge in [0.05, 0.1) is 0 Å². The van der Waals surface area contributed by atoms with Crippen LogP contribution in [0, 0.1) is 0 Å². The number of carbonyl (C=O) groups is 1. The average Bonchev–Trinajstić information content (AvgIpc) is 2.32. The van der Waals surface area contributed by atoms with E-state index in [4.69, 9.17) is 16.3 Å². The van der Waals surface area contributed by atoms with Crippen LogP contribution in [0.25, 0.3) is 0 Å². The van der Waals surface area contributed by atoms with Gasteiger partial charge in [0.2, 0.25) is 0 Å². The molecular weight excluding hydrogens is 250 g/mol. The number of benzene rings is 1. The number of hydrogen-bond donors (Lipinski definition) is 0. The molecule has 18 heavy (non-hydrogen) atoms. The zero-order chi connectivity index (χ0) is 13.5. The summed E-state index contributed by atoms with van der Waals surface area (Å²) in [5, 5.41) is 0.729. The van der Waals surface area contributed by atoms with E-state index < -0.39 is 0 Å². The zero-order valence-corrected chi connectivity index (χ0v) is 11.7. The summed E-state index contributed by atoms with van der Waals surface area (Å²) < 4.78 is 5.00. The Balaban J connectivity index is 2.59. The summed E-state index contributed by atoms with van der Waals surface area (Å²) in [7, 11) is 1.97. The first-order valence-corrected chi connectivity index (χ1v) is 6.15. The van der Waals surface area contributed by atoms with Crippen LogP contribution in [0.15, 0.2) is 36.0 Å². The molecule has 0 aliphatic heterocycles. The topological polar surface area (TPSA) is 29.5 Å². The second-order valence-electron chi connectivity index (χ2n) is 4.04. The highest BCUT2D eigenvalue weighted by Crippen LogP contribution is 2.13. The third kappa shape index (κ3) is 4.80. The quantitative estimate of drug-likeness (QED) is 0.767. The summed E-state index contributed by atoms with van der Waals surface area (Å²) in [6.07, 6.45) is 1.94. The van der Waals surface area contributed by atoms with Crippen LogP contribution in [-0.2, 0) is 16.1 Å². The Morgan fingerprint density at radius 2 is 2.00 bits per heavy atom. The smallest absolute Gasteiger partial charge is 0.303 e. The predicted octanol–water partition coefficient (Wildman–Crippen LogP) is 3.24. The number of esters is 1. The molecule has 0 aliphatic carbocycles. The molecular formula is C14H18ClNO2. The Kier molecular flexibility index (Phi) is 5.72. The van der Waals surface area contributed by atoms with Crippen LogP contribution in [0.3, 0.4) is 0 Å². The molecule has 0 bridgehead atoms. The molecule has 0 radical (unpaired) electrons. The molecule has 0 fully saturated rings. The van der Waals surface area contributed by atoms with Crippen LogP contribution in [0.4, 0.5) is 0 Å². The largest absolute Gasteiger partial charge is 0.459 e. The molecule has 98 valence electrons. The first-order valence-electron chi connectivity index (χ1n) is 5.77. The average molecular weight is 268 g/mol. The van der Waals surface area contributed by atoms with Crippen molar-refractivity contribution >= 4 is 17.6 Å². The first-order chi connectivity index (χ1) is 8.52. The second-order valence-corrected chi connectivity index (χ2v) is 4.48. The first kappa shape index (κ1) is 14.6. The number of allylic oxidation sites excluding steroid dienone is 1. The fraction of sp³-hybridized carbons (Fsp3) is 0.357. The maximum absolute atomic E-state index is 10.8. The minimum atomic E-state index is -0.269. The Morgan fingerprint density at radius 3 is 2.50 bits per heavy atom. The van der Waals surface area contributed by atoms with Crippen LogP contribution < -0.4 is 0 Å². The van der Waals surface area contributed by atoms with E-state index in [9.17, 15) is 4.79 Å². The van der Waals surface area contributed by atoms with E-state index in [0.717, 1.165) is 22.8 Å². The lowest BCUT2D eigenvalue weighted by atomic mass is 10.2. The van der Waals surface area contributed by atoms with E-state index >= 15 is 0 Å². The number of likely N-dealkylation sites (N-methyl/N-ethyl adjacent to an activating group) is 1. The minimum absolute atomic E-state index is 0.269. The SMILES string of the molecule is CC=C(COC(C)=O)N(C)Cc1ccc(Cl)cc1. The second kappa shape index (κ2) is 7.07. The van der Waals surface area contributed by atoms with Crippen molar-refractivity contribution in [1.82, 2.24) is 4.90 Å². The van der Waals surface area contributed by atoms with Gasteiger partial charge in [-0.15, -0.1) is 0 Å². The Labute approximate surface area is 113 Å². The molecule has 0 spiro atoms. The van der Waals surface area contributed by atoms with Crippen LogP contribution in [-0.4, -0.2) is 24.5 Å². The fourth-order valence-corrected chi connectivity index (χ4v) is 1.68. The van der Waals surface area contributed by atoms with Gasteiger partial charge < -0.3 is 9.64 Å². The number of halogens is 1. The van der Waals surface area contributed by atoms with Gasteiger partial charge in [-0.05, 0) is 24.6 Å². The van der Waals surface area contributed by atoms with Gasteiger partial charge in [0.15, 0.2) is 0 Å². The van der Waals surface area contributed by atoms with Gasteiger partial charge in [0.1, 0.15) is 6.61 Å². The Hall–Kier alpha value is -1.48. The third-order valence-corrected chi connectivity index (χ3v) is 2.83. The van der Waals surface area contributed by atoms with Gasteiger partial charge in [-0.1, -0.05) is 29.8 Å². The van der Waals surface area contributed by atoms with Crippen molar-refractivity contribution in [1.29, 1.82) is 0 Å². The number of hydrogen-bond acceptors (Lipinski definition) is 3. The van der Waals surface area contributed by atoms with Gasteiger partial charge in [-0.2, -0.15) is 0 Å². The van der Waals surface area contributed by atoms with Crippen molar-refractivity contribution in [3.05, 3.63) is 46.6 Å². The molecule has 1 aromatic rings. The predicted molar refractivity (Wildman–Crippen MR) is 73.3 cm³/mol. The standard InChI is InChI=1S/C14H18ClNO2/c1-4-14(10-18-11(2)17)16(3)9-12-5-7-13(15)8-6-12/h4-8H,9-10H2,1-3H3. The van der Waals surface area contributed by atoms with Crippen LogP contribution in [0.2, 0.25) is 5.02 Å². The zero-order valence-electron chi connectivity index (χ0n) is 10.9. The summed E-state index contributed by atoms with van der Waals surface area (Å²) in [6, 6.07) is 7.70. The lowest BCUT2D eigenvalue weighted by molar-refractivity contribution is -0.140. The fourth-order valence-electron chi connectivity index (χ4n) is 1.55. The minimum Gasteiger partial charge on any atom is -0.459 e. The van der Waals surface area contributed by atoms with Gasteiger partial charge in [0.25, 0.3) is 0 Å². The summed E-state index contributed by atoms with van der Waals surface area (Å²) in [6.45, 7) is 4.39. The lowest BCUT2D eigenvalue weighted by Crippen LogP contribution is -2.21. The van der Waals surface area contributed by atoms with Crippen LogP contribution in [0.5, 0.6) is 0 Å². The number of carbonyl (C=O) groups excluding carboxylic acids is 1. The van der Waals surface area contributed by atoms with E-state index in [1.807, 2.05) is 49.2 Å². The van der Waals surface area contributed by atoms with Crippen molar-refractivity contribution in [2.45, 2.75) is 20.4 Å². The third-order valence-electron chi connectivity index (χ3n) is 2.58. The molecule has 1 aromatic carbocycles. The van der Waals surface area contributed by atoms with Crippen molar-refractivity contribution in [2.75, 3.05) is 13.7 Å². The monoisotopic (exact) mass is 267 g/mol. The highest BCUT2D eigenvalue weighted by Gasteiger charge is 2.06. The molecule has 0 aromatic heterocycles. The van der Waals surface area contributed by atoms with Gasteiger partial charge in [0, 0.05) is 31.2 Å². The molecule has 0 aliphatic rings. The van der Waals surface area contributed by atoms with E-state index in [-0.39, 0.29) is 5.97 Å². The normalized spacial score (nSPS) is 11.2. The highest BCUT2D eigenvalue weighted by molar-refractivity contribution is 6.30. The lowest BCUT2D eigenvalue weighted by Gasteiger charge is -2.22. The van der Waals surface area contributed by atoms with Crippen LogP contribution in [0.1, 0.15) is 19.4 Å². The molecule has 0 heterocycles. The molecule has 0 unspecified atom stereocenters. The molecule has 0 atom stereocenters. The molecule has 0 saturated carbocycles. The summed E-state index contributed by atoms with van der Waals surface area (Å²) in [5.74, 6) is -0.269. The van der Waals surface area contributed by atoms with Gasteiger partial charge in [-0.3, -0.25) is 4.79 Å². The van der Waals surface area contributed by atoms with E-state index in [0.29, 0.717) is 6.61 Å². The molecule has 0 saturated heterocycles. The number of ether oxygens (including phenoxy) is 1. The van der Waals surface area contributed by atoms with Crippen molar-refractivity contribution in [3.63, 3.8) is 0 Å². The van der Waals surface area contributed by atoms with Gasteiger partial charge in [-0.25, -0.2) is 0 Å². The molecule has 1 rings (SSSR count). The molecule has 3 nitrogen and oxygen atoms in total. The summed E-state index contributed by atoms with van der Waals surface area (Å²) in [4.78, 5) is 12.8. The molecule has 4 heteroatoms. The molecule has 0 N–H and O–H groups in total.